The van der Waals surface area contributed by atoms with Crippen LogP contribution >= 0.6 is 0 Å². The Hall–Kier alpha value is -0.960. The van der Waals surface area contributed by atoms with Gasteiger partial charge in [-0.05, 0) is 44.2 Å². The van der Waals surface area contributed by atoms with E-state index in [9.17, 15) is 16.8 Å². The molecule has 0 aliphatic carbocycles. The highest BCUT2D eigenvalue weighted by Crippen LogP contribution is 2.26. The van der Waals surface area contributed by atoms with Crippen molar-refractivity contribution in [1.82, 2.24) is 4.31 Å². The predicted octanol–water partition coefficient (Wildman–Crippen LogP) is 0.993. The van der Waals surface area contributed by atoms with E-state index in [1.54, 1.807) is 19.1 Å². The first-order chi connectivity index (χ1) is 10.1. The molecule has 124 valence electrons. The molecular formula is C14H22N2O4S2. The maximum Gasteiger partial charge on any atom is 0.243 e. The van der Waals surface area contributed by atoms with Crippen LogP contribution < -0.4 is 5.14 Å². The predicted molar refractivity (Wildman–Crippen MR) is 85.4 cm³/mol. The zero-order chi connectivity index (χ0) is 16.5. The summed E-state index contributed by atoms with van der Waals surface area (Å²) in [6, 6.07) is 5.22. The second-order valence-electron chi connectivity index (χ2n) is 5.97. The third-order valence-corrected chi connectivity index (χ3v) is 6.86. The number of rotatable bonds is 4. The number of hydrogen-bond donors (Lipinski definition) is 1. The zero-order valence-corrected chi connectivity index (χ0v) is 14.5. The van der Waals surface area contributed by atoms with Crippen LogP contribution in [-0.2, 0) is 20.0 Å². The Morgan fingerprint density at radius 3 is 2.50 bits per heavy atom. The number of benzene rings is 1. The monoisotopic (exact) mass is 346 g/mol. The Balaban J connectivity index is 2.25. The second-order valence-corrected chi connectivity index (χ2v) is 9.54. The van der Waals surface area contributed by atoms with Gasteiger partial charge in [0.05, 0.1) is 10.6 Å². The fourth-order valence-corrected chi connectivity index (χ4v) is 5.63. The number of nitrogens with zero attached hydrogens (tertiary/aromatic N) is 1. The van der Waals surface area contributed by atoms with E-state index in [2.05, 4.69) is 0 Å². The lowest BCUT2D eigenvalue weighted by molar-refractivity contribution is 0.282. The largest absolute Gasteiger partial charge is 0.243 e. The van der Waals surface area contributed by atoms with Crippen LogP contribution in [-0.4, -0.2) is 40.0 Å². The Bertz CT molecular complexity index is 757. The fraction of sp³-hybridized carbons (Fsp3) is 0.571. The van der Waals surface area contributed by atoms with Gasteiger partial charge in [-0.25, -0.2) is 22.0 Å². The first-order valence-corrected chi connectivity index (χ1v) is 10.3. The van der Waals surface area contributed by atoms with Crippen molar-refractivity contribution in [3.05, 3.63) is 29.3 Å². The highest BCUT2D eigenvalue weighted by molar-refractivity contribution is 7.89. The normalized spacial score (nSPS) is 21.0. The SMILES string of the molecule is Cc1ccc(S(=O)(=O)N2CCCC(CS(N)(=O)=O)C2)c(C)c1. The molecule has 1 aromatic rings. The molecule has 1 atom stereocenters. The molecule has 6 nitrogen and oxygen atoms in total. The Kier molecular flexibility index (Phi) is 4.96. The van der Waals surface area contributed by atoms with Crippen molar-refractivity contribution in [2.45, 2.75) is 31.6 Å². The van der Waals surface area contributed by atoms with Crippen LogP contribution in [0.3, 0.4) is 0 Å². The number of hydrogen-bond acceptors (Lipinski definition) is 4. The first-order valence-electron chi connectivity index (χ1n) is 7.17. The van der Waals surface area contributed by atoms with Crippen LogP contribution in [0, 0.1) is 19.8 Å². The summed E-state index contributed by atoms with van der Waals surface area (Å²) in [4.78, 5) is 0.286. The van der Waals surface area contributed by atoms with Crippen LogP contribution in [0.1, 0.15) is 24.0 Å². The van der Waals surface area contributed by atoms with Crippen molar-refractivity contribution in [2.75, 3.05) is 18.8 Å². The quantitative estimate of drug-likeness (QED) is 0.879. The van der Waals surface area contributed by atoms with E-state index < -0.39 is 20.0 Å². The van der Waals surface area contributed by atoms with Gasteiger partial charge in [0, 0.05) is 13.1 Å². The number of primary sulfonamides is 1. The molecule has 1 saturated heterocycles. The lowest BCUT2D eigenvalue weighted by Gasteiger charge is -2.31. The van der Waals surface area contributed by atoms with Crippen molar-refractivity contribution in [2.24, 2.45) is 11.1 Å². The average Bonchev–Trinajstić information content (AvgIpc) is 2.36. The molecule has 8 heteroatoms. The summed E-state index contributed by atoms with van der Waals surface area (Å²) in [5, 5.41) is 5.08. The van der Waals surface area contributed by atoms with Crippen molar-refractivity contribution in [3.63, 3.8) is 0 Å². The van der Waals surface area contributed by atoms with Crippen LogP contribution in [0.2, 0.25) is 0 Å². The standard InChI is InChI=1S/C14H22N2O4S2/c1-11-5-6-14(12(2)8-11)22(19,20)16-7-3-4-13(9-16)10-21(15,17)18/h5-6,8,13H,3-4,7,9-10H2,1-2H3,(H2,15,17,18). The summed E-state index contributed by atoms with van der Waals surface area (Å²) in [7, 11) is -7.19. The van der Waals surface area contributed by atoms with Crippen LogP contribution in [0.4, 0.5) is 0 Å². The van der Waals surface area contributed by atoms with Gasteiger partial charge in [-0.15, -0.1) is 0 Å². The van der Waals surface area contributed by atoms with Gasteiger partial charge in [-0.1, -0.05) is 17.7 Å². The van der Waals surface area contributed by atoms with Gasteiger partial charge in [0.25, 0.3) is 0 Å². The molecule has 0 bridgehead atoms. The Morgan fingerprint density at radius 2 is 1.91 bits per heavy atom. The van der Waals surface area contributed by atoms with Crippen LogP contribution in [0.25, 0.3) is 0 Å². The van der Waals surface area contributed by atoms with Crippen molar-refractivity contribution in [1.29, 1.82) is 0 Å². The van der Waals surface area contributed by atoms with Crippen LogP contribution in [0.5, 0.6) is 0 Å². The molecule has 0 spiro atoms. The van der Waals surface area contributed by atoms with Crippen molar-refractivity contribution >= 4 is 20.0 Å². The highest BCUT2D eigenvalue weighted by Gasteiger charge is 2.32. The Labute approximate surface area is 132 Å². The van der Waals surface area contributed by atoms with E-state index in [0.717, 1.165) is 5.56 Å². The van der Waals surface area contributed by atoms with E-state index in [1.807, 2.05) is 13.0 Å². The first kappa shape index (κ1) is 17.4. The smallest absolute Gasteiger partial charge is 0.229 e. The van der Waals surface area contributed by atoms with Crippen molar-refractivity contribution < 1.29 is 16.8 Å². The molecular weight excluding hydrogens is 324 g/mol. The summed E-state index contributed by atoms with van der Waals surface area (Å²) in [6.07, 6.45) is 1.32. The van der Waals surface area contributed by atoms with Gasteiger partial charge in [0.1, 0.15) is 0 Å². The van der Waals surface area contributed by atoms with Gasteiger partial charge >= 0.3 is 0 Å². The summed E-state index contributed by atoms with van der Waals surface area (Å²) in [6.45, 7) is 4.29. The highest BCUT2D eigenvalue weighted by atomic mass is 32.2. The maximum atomic E-state index is 12.8. The lowest BCUT2D eigenvalue weighted by Crippen LogP contribution is -2.42. The van der Waals surface area contributed by atoms with Crippen molar-refractivity contribution in [3.8, 4) is 0 Å². The molecule has 0 radical (unpaired) electrons. The van der Waals surface area contributed by atoms with Gasteiger partial charge in [-0.3, -0.25) is 0 Å². The number of aryl methyl sites for hydroxylation is 2. The van der Waals surface area contributed by atoms with E-state index in [1.165, 1.54) is 4.31 Å². The molecule has 2 rings (SSSR count). The molecule has 1 heterocycles. The minimum Gasteiger partial charge on any atom is -0.229 e. The van der Waals surface area contributed by atoms with Gasteiger partial charge in [-0.2, -0.15) is 4.31 Å². The third kappa shape index (κ3) is 4.07. The molecule has 1 aliphatic rings. The summed E-state index contributed by atoms with van der Waals surface area (Å²) < 4.78 is 49.4. The van der Waals surface area contributed by atoms with E-state index >= 15 is 0 Å². The topological polar surface area (TPSA) is 97.5 Å². The molecule has 0 amide bonds. The fourth-order valence-electron chi connectivity index (χ4n) is 2.94. The molecule has 22 heavy (non-hydrogen) atoms. The van der Waals surface area contributed by atoms with Gasteiger partial charge < -0.3 is 0 Å². The number of sulfonamides is 2. The molecule has 0 aromatic heterocycles. The Morgan fingerprint density at radius 1 is 1.23 bits per heavy atom. The van der Waals surface area contributed by atoms with E-state index in [4.69, 9.17) is 5.14 Å². The number of nitrogens with two attached hydrogens (primary N) is 1. The summed E-state index contributed by atoms with van der Waals surface area (Å²) in [5.74, 6) is -0.421. The molecule has 1 aliphatic heterocycles. The second kappa shape index (κ2) is 6.27. The van der Waals surface area contributed by atoms with Gasteiger partial charge in [0.2, 0.25) is 20.0 Å². The molecule has 1 unspecified atom stereocenters. The lowest BCUT2D eigenvalue weighted by atomic mass is 10.0. The zero-order valence-electron chi connectivity index (χ0n) is 12.8. The minimum atomic E-state index is -3.60. The third-order valence-electron chi connectivity index (χ3n) is 3.90. The average molecular weight is 346 g/mol. The van der Waals surface area contributed by atoms with E-state index in [-0.39, 0.29) is 23.1 Å². The minimum absolute atomic E-state index is 0.175. The summed E-state index contributed by atoms with van der Waals surface area (Å²) >= 11 is 0. The molecule has 0 saturated carbocycles. The number of piperidine rings is 1. The maximum absolute atomic E-state index is 12.8. The molecule has 2 N–H and O–H groups in total. The van der Waals surface area contributed by atoms with Crippen LogP contribution in [0.15, 0.2) is 23.1 Å². The van der Waals surface area contributed by atoms with Gasteiger partial charge in [0.15, 0.2) is 0 Å². The summed E-state index contributed by atoms with van der Waals surface area (Å²) in [5.41, 5.74) is 1.70. The molecule has 1 fully saturated rings. The molecule has 1 aromatic carbocycles. The van der Waals surface area contributed by atoms with E-state index in [0.29, 0.717) is 24.9 Å².